The Bertz CT molecular complexity index is 862. The highest BCUT2D eigenvalue weighted by Gasteiger charge is 2.28. The van der Waals surface area contributed by atoms with E-state index in [4.69, 9.17) is 4.74 Å². The summed E-state index contributed by atoms with van der Waals surface area (Å²) >= 11 is 0. The van der Waals surface area contributed by atoms with E-state index in [1.807, 2.05) is 0 Å². The average Bonchev–Trinajstić information content (AvgIpc) is 3.37. The van der Waals surface area contributed by atoms with E-state index >= 15 is 0 Å². The van der Waals surface area contributed by atoms with Gasteiger partial charge in [-0.05, 0) is 37.1 Å². The highest BCUT2D eigenvalue weighted by Crippen LogP contribution is 2.22. The third-order valence-corrected chi connectivity index (χ3v) is 5.11. The lowest BCUT2D eigenvalue weighted by atomic mass is 10.2. The van der Waals surface area contributed by atoms with Gasteiger partial charge in [0.1, 0.15) is 12.4 Å². The van der Waals surface area contributed by atoms with Crippen LogP contribution in [-0.4, -0.2) is 20.4 Å². The van der Waals surface area contributed by atoms with E-state index in [0.29, 0.717) is 0 Å². The third kappa shape index (κ3) is 3.98. The summed E-state index contributed by atoms with van der Waals surface area (Å²) in [4.78, 5) is 12.1. The summed E-state index contributed by atoms with van der Waals surface area (Å²) in [5.74, 6) is -1.17. The van der Waals surface area contributed by atoms with Crippen molar-refractivity contribution < 1.29 is 22.3 Å². The van der Waals surface area contributed by atoms with Crippen LogP contribution < -0.4 is 4.72 Å². The van der Waals surface area contributed by atoms with E-state index in [1.54, 1.807) is 12.1 Å². The first-order chi connectivity index (χ1) is 11.5. The van der Waals surface area contributed by atoms with Crippen LogP contribution in [0.3, 0.4) is 0 Å². The Kier molecular flexibility index (Phi) is 4.64. The number of carbonyl (C=O) groups is 1. The molecule has 1 aliphatic rings. The van der Waals surface area contributed by atoms with Gasteiger partial charge in [0.15, 0.2) is 0 Å². The molecule has 0 radical (unpaired) electrons. The first-order valence-corrected chi connectivity index (χ1v) is 8.97. The van der Waals surface area contributed by atoms with Gasteiger partial charge in [-0.1, -0.05) is 24.3 Å². The SMILES string of the molecule is O=C(OCc1ccccc1F)c1cccc(S(=O)(=O)NC2CC2)c1. The predicted octanol–water partition coefficient (Wildman–Crippen LogP) is 2.62. The van der Waals surface area contributed by atoms with Gasteiger partial charge < -0.3 is 4.74 Å². The molecule has 1 aliphatic carbocycles. The van der Waals surface area contributed by atoms with Crippen molar-refractivity contribution in [1.82, 2.24) is 4.72 Å². The molecule has 7 heteroatoms. The molecular weight excluding hydrogens is 333 g/mol. The fraction of sp³-hybridized carbons (Fsp3) is 0.235. The Morgan fingerprint density at radius 1 is 1.17 bits per heavy atom. The maximum Gasteiger partial charge on any atom is 0.338 e. The van der Waals surface area contributed by atoms with E-state index in [2.05, 4.69) is 4.72 Å². The van der Waals surface area contributed by atoms with E-state index in [9.17, 15) is 17.6 Å². The van der Waals surface area contributed by atoms with Crippen molar-refractivity contribution in [3.8, 4) is 0 Å². The molecule has 0 aliphatic heterocycles. The zero-order chi connectivity index (χ0) is 17.2. The second-order valence-corrected chi connectivity index (χ2v) is 7.30. The van der Waals surface area contributed by atoms with Gasteiger partial charge in [0.25, 0.3) is 0 Å². The lowest BCUT2D eigenvalue weighted by Crippen LogP contribution is -2.25. The number of carbonyl (C=O) groups excluding carboxylic acids is 1. The zero-order valence-electron chi connectivity index (χ0n) is 12.7. The highest BCUT2D eigenvalue weighted by molar-refractivity contribution is 7.89. The number of nitrogens with one attached hydrogen (secondary N) is 1. The number of sulfonamides is 1. The van der Waals surface area contributed by atoms with Crippen LogP contribution in [0.25, 0.3) is 0 Å². The molecule has 0 atom stereocenters. The third-order valence-electron chi connectivity index (χ3n) is 3.60. The van der Waals surface area contributed by atoms with Gasteiger partial charge in [0.2, 0.25) is 10.0 Å². The van der Waals surface area contributed by atoms with Crippen LogP contribution in [0.4, 0.5) is 4.39 Å². The van der Waals surface area contributed by atoms with Crippen molar-refractivity contribution >= 4 is 16.0 Å². The molecule has 0 saturated heterocycles. The number of hydrogen-bond acceptors (Lipinski definition) is 4. The zero-order valence-corrected chi connectivity index (χ0v) is 13.6. The predicted molar refractivity (Wildman–Crippen MR) is 85.3 cm³/mol. The Morgan fingerprint density at radius 3 is 2.62 bits per heavy atom. The largest absolute Gasteiger partial charge is 0.457 e. The topological polar surface area (TPSA) is 72.5 Å². The molecule has 1 saturated carbocycles. The molecule has 2 aromatic rings. The molecular formula is C17H16FNO4S. The van der Waals surface area contributed by atoms with Crippen molar-refractivity contribution in [1.29, 1.82) is 0 Å². The molecule has 0 spiro atoms. The van der Waals surface area contributed by atoms with E-state index in [0.717, 1.165) is 12.8 Å². The number of halogens is 1. The van der Waals surface area contributed by atoms with Crippen LogP contribution in [0.2, 0.25) is 0 Å². The van der Waals surface area contributed by atoms with Gasteiger partial charge in [0, 0.05) is 11.6 Å². The summed E-state index contributed by atoms with van der Waals surface area (Å²) in [6.07, 6.45) is 1.65. The van der Waals surface area contributed by atoms with E-state index in [1.165, 1.54) is 36.4 Å². The van der Waals surface area contributed by atoms with Crippen molar-refractivity contribution in [3.05, 3.63) is 65.5 Å². The number of benzene rings is 2. The average molecular weight is 349 g/mol. The molecule has 0 aromatic heterocycles. The summed E-state index contributed by atoms with van der Waals surface area (Å²) < 4.78 is 45.5. The van der Waals surface area contributed by atoms with Crippen molar-refractivity contribution in [2.24, 2.45) is 0 Å². The highest BCUT2D eigenvalue weighted by atomic mass is 32.2. The number of hydrogen-bond donors (Lipinski definition) is 1. The monoisotopic (exact) mass is 349 g/mol. The lowest BCUT2D eigenvalue weighted by molar-refractivity contribution is 0.0468. The molecule has 126 valence electrons. The maximum atomic E-state index is 13.5. The Balaban J connectivity index is 1.71. The van der Waals surface area contributed by atoms with Gasteiger partial charge in [-0.2, -0.15) is 0 Å². The molecule has 0 amide bonds. The Hall–Kier alpha value is -2.25. The van der Waals surface area contributed by atoms with Crippen molar-refractivity contribution in [3.63, 3.8) is 0 Å². The second-order valence-electron chi connectivity index (χ2n) is 5.59. The van der Waals surface area contributed by atoms with Crippen LogP contribution in [0.1, 0.15) is 28.8 Å². The fourth-order valence-corrected chi connectivity index (χ4v) is 3.47. The maximum absolute atomic E-state index is 13.5. The summed E-state index contributed by atoms with van der Waals surface area (Å²) in [5, 5.41) is 0. The molecule has 1 N–H and O–H groups in total. The molecule has 0 heterocycles. The smallest absolute Gasteiger partial charge is 0.338 e. The summed E-state index contributed by atoms with van der Waals surface area (Å²) in [5.41, 5.74) is 0.357. The summed E-state index contributed by atoms with van der Waals surface area (Å²) in [6.45, 7) is -0.219. The molecule has 0 unspecified atom stereocenters. The Morgan fingerprint density at radius 2 is 1.92 bits per heavy atom. The minimum atomic E-state index is -3.64. The standard InChI is InChI=1S/C17H16FNO4S/c18-16-7-2-1-4-13(16)11-23-17(20)12-5-3-6-15(10-12)24(21,22)19-14-8-9-14/h1-7,10,14,19H,8-9,11H2. The molecule has 2 aromatic carbocycles. The van der Waals surface area contributed by atoms with Crippen LogP contribution in [-0.2, 0) is 21.4 Å². The molecule has 24 heavy (non-hydrogen) atoms. The lowest BCUT2D eigenvalue weighted by Gasteiger charge is -2.08. The van der Waals surface area contributed by atoms with Crippen molar-refractivity contribution in [2.45, 2.75) is 30.4 Å². The molecule has 1 fully saturated rings. The number of rotatable bonds is 6. The fourth-order valence-electron chi connectivity index (χ4n) is 2.12. The van der Waals surface area contributed by atoms with Crippen LogP contribution in [0.5, 0.6) is 0 Å². The van der Waals surface area contributed by atoms with E-state index < -0.39 is 21.8 Å². The Labute approximate surface area is 139 Å². The normalized spacial score (nSPS) is 14.4. The quantitative estimate of drug-likeness (QED) is 0.814. The molecule has 5 nitrogen and oxygen atoms in total. The van der Waals surface area contributed by atoms with Gasteiger partial charge in [-0.15, -0.1) is 0 Å². The van der Waals surface area contributed by atoms with Crippen LogP contribution >= 0.6 is 0 Å². The summed E-state index contributed by atoms with van der Waals surface area (Å²) in [7, 11) is -3.64. The minimum Gasteiger partial charge on any atom is -0.457 e. The van der Waals surface area contributed by atoms with Gasteiger partial charge in [-0.3, -0.25) is 0 Å². The summed E-state index contributed by atoms with van der Waals surface area (Å²) in [6, 6.07) is 11.6. The molecule has 3 rings (SSSR count). The van der Waals surface area contributed by atoms with Gasteiger partial charge in [-0.25, -0.2) is 22.3 Å². The van der Waals surface area contributed by atoms with Gasteiger partial charge in [0.05, 0.1) is 10.5 Å². The van der Waals surface area contributed by atoms with Gasteiger partial charge >= 0.3 is 5.97 Å². The first-order valence-electron chi connectivity index (χ1n) is 7.48. The van der Waals surface area contributed by atoms with Crippen molar-refractivity contribution in [2.75, 3.05) is 0 Å². The minimum absolute atomic E-state index is 0.00902. The van der Waals surface area contributed by atoms with Crippen LogP contribution in [0, 0.1) is 5.82 Å². The number of esters is 1. The first kappa shape index (κ1) is 16.6. The van der Waals surface area contributed by atoms with Crippen LogP contribution in [0.15, 0.2) is 53.4 Å². The second kappa shape index (κ2) is 6.70. The number of ether oxygens (including phenoxy) is 1. The molecule has 0 bridgehead atoms. The van der Waals surface area contributed by atoms with E-state index in [-0.39, 0.29) is 28.7 Å².